The number of benzene rings is 3. The van der Waals surface area contributed by atoms with Crippen LogP contribution in [0.4, 0.5) is 0 Å². The van der Waals surface area contributed by atoms with Gasteiger partial charge in [0.15, 0.2) is 5.43 Å². The largest absolute Gasteiger partial charge is 0.524 e. The Balaban J connectivity index is 0.00000259. The van der Waals surface area contributed by atoms with Crippen LogP contribution in [0.15, 0.2) is 99.9 Å². The van der Waals surface area contributed by atoms with Gasteiger partial charge in [0.05, 0.1) is 11.8 Å². The van der Waals surface area contributed by atoms with Crippen molar-refractivity contribution in [1.82, 2.24) is 5.32 Å². The molecule has 0 saturated carbocycles. The predicted octanol–water partition coefficient (Wildman–Crippen LogP) is 6.24. The van der Waals surface area contributed by atoms with E-state index in [1.807, 2.05) is 13.8 Å². The van der Waals surface area contributed by atoms with E-state index in [1.54, 1.807) is 37.3 Å². The molecule has 0 fully saturated rings. The van der Waals surface area contributed by atoms with Crippen LogP contribution < -0.4 is 10.7 Å². The van der Waals surface area contributed by atoms with Crippen LogP contribution in [0.2, 0.25) is 0 Å². The van der Waals surface area contributed by atoms with Gasteiger partial charge in [0, 0.05) is 40.8 Å². The van der Waals surface area contributed by atoms with E-state index in [0.717, 1.165) is 11.8 Å². The Hall–Kier alpha value is -4.96. The van der Waals surface area contributed by atoms with E-state index in [9.17, 15) is 29.2 Å². The summed E-state index contributed by atoms with van der Waals surface area (Å²) >= 11 is 0. The molecule has 0 saturated heterocycles. The third-order valence-corrected chi connectivity index (χ3v) is 6.52. The fourth-order valence-corrected chi connectivity index (χ4v) is 4.59. The summed E-state index contributed by atoms with van der Waals surface area (Å²) in [7, 11) is -4.63. The van der Waals surface area contributed by atoms with Crippen LogP contribution in [0.3, 0.4) is 0 Å². The molecule has 0 unspecified atom stereocenters. The number of carbonyl (C=O) groups is 2. The first-order chi connectivity index (χ1) is 21.0. The summed E-state index contributed by atoms with van der Waals surface area (Å²) in [6.45, 7) is 5.97. The van der Waals surface area contributed by atoms with E-state index in [4.69, 9.17) is 14.2 Å². The molecule has 11 nitrogen and oxygen atoms in total. The highest BCUT2D eigenvalue weighted by Crippen LogP contribution is 2.42. The van der Waals surface area contributed by atoms with Crippen LogP contribution in [0, 0.1) is 0 Å². The fraction of sp³-hybridized carbons (Fsp3) is 0.156. The number of phenolic OH excluding ortho intramolecular Hbond substituents is 1. The molecule has 44 heavy (non-hydrogen) atoms. The van der Waals surface area contributed by atoms with E-state index in [0.29, 0.717) is 22.9 Å². The molecule has 0 spiro atoms. The molecule has 230 valence electrons. The van der Waals surface area contributed by atoms with E-state index < -0.39 is 19.7 Å². The number of phenols is 1. The summed E-state index contributed by atoms with van der Waals surface area (Å²) in [5.41, 5.74) is 1.86. The number of carboxylic acids is 1. The van der Waals surface area contributed by atoms with Gasteiger partial charge in [-0.15, -0.1) is 0 Å². The zero-order valence-corrected chi connectivity index (χ0v) is 25.1. The van der Waals surface area contributed by atoms with Gasteiger partial charge in [-0.2, -0.15) is 0 Å². The topological polar surface area (TPSA) is 184 Å². The molecule has 2 aliphatic rings. The van der Waals surface area contributed by atoms with Crippen molar-refractivity contribution in [3.8, 4) is 28.2 Å². The van der Waals surface area contributed by atoms with Crippen molar-refractivity contribution in [2.45, 2.75) is 27.2 Å². The van der Waals surface area contributed by atoms with Crippen molar-refractivity contribution in [3.63, 3.8) is 0 Å². The molecule has 0 atom stereocenters. The first-order valence-electron chi connectivity index (χ1n) is 13.5. The fourth-order valence-electron chi connectivity index (χ4n) is 4.37. The monoisotopic (exact) mass is 621 g/mol. The van der Waals surface area contributed by atoms with Crippen molar-refractivity contribution in [1.29, 1.82) is 0 Å². The van der Waals surface area contributed by atoms with Gasteiger partial charge in [-0.3, -0.25) is 19.4 Å². The number of nitrogens with one attached hydrogen (secondary N) is 1. The normalized spacial score (nSPS) is 12.0. The standard InChI is InChI=1S/C30H26NO10P.C2H6/c1-2-4-18(5-3-14-40-42(37,38)39)12-13-31-29(34)19-6-9-22(25(15-19)30(35)36)28-23-10-7-20(32)16-26(23)41-27-17-21(33)8-11-24(27)28;1-2/h2-11,14-17,32H,12-13H2,1H3,(H,31,34)(H,35,36)(H2,37,38,39);1-2H3/b4-2-,14-3-,18-5+;. The number of aromatic carboxylic acids is 1. The maximum Gasteiger partial charge on any atom is 0.524 e. The summed E-state index contributed by atoms with van der Waals surface area (Å²) in [6.07, 6.45) is 7.62. The van der Waals surface area contributed by atoms with Crippen LogP contribution in [0.1, 0.15) is 47.9 Å². The van der Waals surface area contributed by atoms with Gasteiger partial charge < -0.3 is 24.5 Å². The predicted molar refractivity (Wildman–Crippen MR) is 167 cm³/mol. The van der Waals surface area contributed by atoms with E-state index in [-0.39, 0.29) is 45.8 Å². The highest BCUT2D eigenvalue weighted by atomic mass is 31.2. The number of phosphoric acid groups is 1. The van der Waals surface area contributed by atoms with Crippen LogP contribution in [0.25, 0.3) is 33.4 Å². The van der Waals surface area contributed by atoms with Gasteiger partial charge in [-0.25, -0.2) is 9.36 Å². The molecule has 12 heteroatoms. The summed E-state index contributed by atoms with van der Waals surface area (Å²) < 4.78 is 20.9. The molecule has 2 aromatic carbocycles. The Bertz CT molecular complexity index is 1830. The van der Waals surface area contributed by atoms with Gasteiger partial charge in [-0.1, -0.05) is 38.1 Å². The Kier molecular flexibility index (Phi) is 11.4. The minimum atomic E-state index is -4.63. The molecule has 0 radical (unpaired) electrons. The molecule has 0 aromatic heterocycles. The average molecular weight is 622 g/mol. The molecule has 1 amide bonds. The Labute approximate surface area is 253 Å². The number of phosphoric ester groups is 1. The second kappa shape index (κ2) is 15.0. The third-order valence-electron chi connectivity index (χ3n) is 6.13. The Morgan fingerprint density at radius 1 is 1.02 bits per heavy atom. The maximum atomic E-state index is 12.9. The number of allylic oxidation sites excluding steroid dienone is 4. The number of hydrogen-bond acceptors (Lipinski definition) is 7. The van der Waals surface area contributed by atoms with E-state index >= 15 is 0 Å². The summed E-state index contributed by atoms with van der Waals surface area (Å²) in [5.74, 6) is -1.65. The number of aromatic hydroxyl groups is 1. The van der Waals surface area contributed by atoms with Crippen LogP contribution >= 0.6 is 7.82 Å². The minimum absolute atomic E-state index is 0.0711. The third kappa shape index (κ3) is 8.54. The van der Waals surface area contributed by atoms with E-state index in [2.05, 4.69) is 9.84 Å². The summed E-state index contributed by atoms with van der Waals surface area (Å²) in [6, 6.07) is 12.8. The lowest BCUT2D eigenvalue weighted by atomic mass is 9.90. The Morgan fingerprint density at radius 2 is 1.75 bits per heavy atom. The lowest BCUT2D eigenvalue weighted by molar-refractivity contribution is 0.0697. The highest BCUT2D eigenvalue weighted by Gasteiger charge is 2.23. The zero-order valence-electron chi connectivity index (χ0n) is 24.2. The second-order valence-electron chi connectivity index (χ2n) is 9.05. The van der Waals surface area contributed by atoms with Crippen molar-refractivity contribution in [2.75, 3.05) is 6.54 Å². The molecule has 1 aliphatic heterocycles. The number of rotatable bonds is 10. The van der Waals surface area contributed by atoms with Gasteiger partial charge in [0.2, 0.25) is 0 Å². The van der Waals surface area contributed by atoms with Gasteiger partial charge in [0.25, 0.3) is 5.91 Å². The molecular formula is C32H32NO10P. The molecule has 1 aliphatic carbocycles. The molecule has 0 bridgehead atoms. The van der Waals surface area contributed by atoms with E-state index in [1.165, 1.54) is 48.5 Å². The number of fused-ring (bicyclic) bond motifs is 2. The second-order valence-corrected chi connectivity index (χ2v) is 10.2. The average Bonchev–Trinajstić information content (AvgIpc) is 2.98. The number of hydrogen-bond donors (Lipinski definition) is 5. The number of carbonyl (C=O) groups excluding carboxylic acids is 1. The lowest BCUT2D eigenvalue weighted by Gasteiger charge is -2.17. The first-order valence-corrected chi connectivity index (χ1v) is 15.1. The summed E-state index contributed by atoms with van der Waals surface area (Å²) in [4.78, 5) is 54.8. The quantitative estimate of drug-likeness (QED) is 0.0588. The molecule has 1 heterocycles. The van der Waals surface area contributed by atoms with Gasteiger partial charge in [0.1, 0.15) is 17.1 Å². The molecule has 5 N–H and O–H groups in total. The lowest BCUT2D eigenvalue weighted by Crippen LogP contribution is -2.25. The Morgan fingerprint density at radius 3 is 2.43 bits per heavy atom. The van der Waals surface area contributed by atoms with Crippen LogP contribution in [-0.2, 0) is 9.09 Å². The summed E-state index contributed by atoms with van der Waals surface area (Å²) in [5, 5.41) is 23.3. The first kappa shape index (κ1) is 33.5. The smallest absolute Gasteiger partial charge is 0.508 e. The molecule has 4 rings (SSSR count). The van der Waals surface area contributed by atoms with Gasteiger partial charge in [-0.05, 0) is 67.0 Å². The number of amides is 1. The molecule has 2 aromatic rings. The SMILES string of the molecule is CC.C\C=C/C(=C\C=C/OP(=O)(O)O)CCNC(=O)c1ccc(-c2c3ccc(=O)cc-3oc3cc(O)ccc23)c(C(=O)O)c1. The highest BCUT2D eigenvalue weighted by molar-refractivity contribution is 7.46. The van der Waals surface area contributed by atoms with Crippen molar-refractivity contribution < 1.29 is 43.1 Å². The number of carboxylic acid groups (broad SMARTS) is 1. The van der Waals surface area contributed by atoms with Crippen molar-refractivity contribution in [2.24, 2.45) is 0 Å². The van der Waals surface area contributed by atoms with Crippen LogP contribution in [0.5, 0.6) is 5.75 Å². The maximum absolute atomic E-state index is 12.9. The molecular weight excluding hydrogens is 589 g/mol. The van der Waals surface area contributed by atoms with Crippen molar-refractivity contribution >= 4 is 30.7 Å². The minimum Gasteiger partial charge on any atom is -0.508 e. The van der Waals surface area contributed by atoms with Crippen LogP contribution in [-0.4, -0.2) is 38.4 Å². The zero-order chi connectivity index (χ0) is 32.4. The van der Waals surface area contributed by atoms with Gasteiger partial charge >= 0.3 is 13.8 Å². The van der Waals surface area contributed by atoms with Crippen molar-refractivity contribution in [3.05, 3.63) is 112 Å².